The Bertz CT molecular complexity index is 703. The second-order valence-electron chi connectivity index (χ2n) is 6.17. The van der Waals surface area contributed by atoms with Crippen LogP contribution in [0.2, 0.25) is 0 Å². The standard InChI is InChI=1S/C18H24N4O2/c1-14-13-16(15(2)22(14)17-5-3-4-6-19-17)18(24)21-9-7-20(8-10-21)11-12-23/h3-6,13,23H,7-12H2,1-2H3. The molecule has 1 fully saturated rings. The van der Waals surface area contributed by atoms with Crippen LogP contribution in [-0.4, -0.2) is 69.7 Å². The van der Waals surface area contributed by atoms with Crippen LogP contribution in [0.4, 0.5) is 0 Å². The van der Waals surface area contributed by atoms with Gasteiger partial charge >= 0.3 is 0 Å². The van der Waals surface area contributed by atoms with Gasteiger partial charge in [0.25, 0.3) is 5.91 Å². The lowest BCUT2D eigenvalue weighted by molar-refractivity contribution is 0.0614. The summed E-state index contributed by atoms with van der Waals surface area (Å²) in [6.07, 6.45) is 1.76. The van der Waals surface area contributed by atoms with Gasteiger partial charge in [0.15, 0.2) is 0 Å². The number of carbonyl (C=O) groups is 1. The molecule has 3 heterocycles. The van der Waals surface area contributed by atoms with Crippen molar-refractivity contribution < 1.29 is 9.90 Å². The molecular formula is C18H24N4O2. The minimum absolute atomic E-state index is 0.0777. The third-order valence-electron chi connectivity index (χ3n) is 4.62. The van der Waals surface area contributed by atoms with Crippen molar-refractivity contribution in [1.29, 1.82) is 0 Å². The van der Waals surface area contributed by atoms with Crippen LogP contribution in [0.1, 0.15) is 21.7 Å². The van der Waals surface area contributed by atoms with E-state index in [1.165, 1.54) is 0 Å². The van der Waals surface area contributed by atoms with Crippen LogP contribution in [0, 0.1) is 13.8 Å². The Morgan fingerprint density at radius 1 is 1.21 bits per heavy atom. The van der Waals surface area contributed by atoms with Crippen LogP contribution in [0.5, 0.6) is 0 Å². The first-order valence-corrected chi connectivity index (χ1v) is 8.34. The molecule has 2 aromatic heterocycles. The minimum atomic E-state index is 0.0777. The van der Waals surface area contributed by atoms with Crippen molar-refractivity contribution in [2.45, 2.75) is 13.8 Å². The Morgan fingerprint density at radius 2 is 1.96 bits per heavy atom. The molecule has 1 amide bonds. The predicted octanol–water partition coefficient (Wildman–Crippen LogP) is 1.24. The van der Waals surface area contributed by atoms with E-state index in [4.69, 9.17) is 5.11 Å². The van der Waals surface area contributed by atoms with Gasteiger partial charge in [-0.1, -0.05) is 6.07 Å². The molecule has 3 rings (SSSR count). The molecular weight excluding hydrogens is 304 g/mol. The van der Waals surface area contributed by atoms with Crippen molar-refractivity contribution in [3.8, 4) is 5.82 Å². The van der Waals surface area contributed by atoms with Crippen LogP contribution in [0.3, 0.4) is 0 Å². The molecule has 1 N–H and O–H groups in total. The first kappa shape index (κ1) is 16.7. The summed E-state index contributed by atoms with van der Waals surface area (Å²) in [5.74, 6) is 0.910. The van der Waals surface area contributed by atoms with Gasteiger partial charge in [-0.2, -0.15) is 0 Å². The molecule has 1 aliphatic heterocycles. The molecule has 0 spiro atoms. The molecule has 0 saturated carbocycles. The summed E-state index contributed by atoms with van der Waals surface area (Å²) < 4.78 is 2.02. The van der Waals surface area contributed by atoms with E-state index in [-0.39, 0.29) is 12.5 Å². The second kappa shape index (κ2) is 7.15. The Labute approximate surface area is 142 Å². The van der Waals surface area contributed by atoms with Crippen molar-refractivity contribution in [3.63, 3.8) is 0 Å². The summed E-state index contributed by atoms with van der Waals surface area (Å²) in [5, 5.41) is 9.02. The fourth-order valence-corrected chi connectivity index (χ4v) is 3.30. The van der Waals surface area contributed by atoms with Crippen molar-refractivity contribution in [2.24, 2.45) is 0 Å². The minimum Gasteiger partial charge on any atom is -0.395 e. The Balaban J connectivity index is 1.80. The number of β-amino-alcohol motifs (C(OH)–C–C–N with tert-alkyl or cyclic N) is 1. The van der Waals surface area contributed by atoms with Gasteiger partial charge in [0.2, 0.25) is 0 Å². The lowest BCUT2D eigenvalue weighted by atomic mass is 10.2. The summed E-state index contributed by atoms with van der Waals surface area (Å²) in [6.45, 7) is 7.83. The van der Waals surface area contributed by atoms with Crippen LogP contribution in [0.15, 0.2) is 30.5 Å². The van der Waals surface area contributed by atoms with Crippen molar-refractivity contribution in [3.05, 3.63) is 47.4 Å². The van der Waals surface area contributed by atoms with E-state index in [1.807, 2.05) is 47.6 Å². The van der Waals surface area contributed by atoms with E-state index < -0.39 is 0 Å². The molecule has 24 heavy (non-hydrogen) atoms. The van der Waals surface area contributed by atoms with E-state index in [0.29, 0.717) is 19.6 Å². The second-order valence-corrected chi connectivity index (χ2v) is 6.17. The van der Waals surface area contributed by atoms with Gasteiger partial charge in [-0.25, -0.2) is 4.98 Å². The highest BCUT2D eigenvalue weighted by molar-refractivity contribution is 5.96. The Kier molecular flexibility index (Phi) is 4.97. The molecule has 1 saturated heterocycles. The molecule has 0 unspecified atom stereocenters. The van der Waals surface area contributed by atoms with Crippen LogP contribution < -0.4 is 0 Å². The molecule has 0 bridgehead atoms. The summed E-state index contributed by atoms with van der Waals surface area (Å²) >= 11 is 0. The quantitative estimate of drug-likeness (QED) is 0.917. The average Bonchev–Trinajstić information content (AvgIpc) is 2.90. The number of aromatic nitrogens is 2. The van der Waals surface area contributed by atoms with Gasteiger partial charge < -0.3 is 14.6 Å². The van der Waals surface area contributed by atoms with Gasteiger partial charge in [0, 0.05) is 50.3 Å². The summed E-state index contributed by atoms with van der Waals surface area (Å²) in [4.78, 5) is 21.4. The van der Waals surface area contributed by atoms with Gasteiger partial charge in [0.1, 0.15) is 5.82 Å². The number of aliphatic hydroxyl groups excluding tert-OH is 1. The normalized spacial score (nSPS) is 15.7. The number of hydrogen-bond donors (Lipinski definition) is 1. The topological polar surface area (TPSA) is 61.6 Å². The van der Waals surface area contributed by atoms with Crippen molar-refractivity contribution >= 4 is 5.91 Å². The van der Waals surface area contributed by atoms with Gasteiger partial charge in [-0.05, 0) is 32.0 Å². The summed E-state index contributed by atoms with van der Waals surface area (Å²) in [6, 6.07) is 7.73. The highest BCUT2D eigenvalue weighted by Gasteiger charge is 2.25. The Morgan fingerprint density at radius 3 is 2.58 bits per heavy atom. The zero-order valence-electron chi connectivity index (χ0n) is 14.3. The third kappa shape index (κ3) is 3.20. The molecule has 0 aromatic carbocycles. The largest absolute Gasteiger partial charge is 0.395 e. The first-order chi connectivity index (χ1) is 11.6. The maximum absolute atomic E-state index is 12.9. The summed E-state index contributed by atoms with van der Waals surface area (Å²) in [7, 11) is 0. The number of amides is 1. The smallest absolute Gasteiger partial charge is 0.255 e. The Hall–Kier alpha value is -2.18. The number of piperazine rings is 1. The number of carbonyl (C=O) groups excluding carboxylic acids is 1. The predicted molar refractivity (Wildman–Crippen MR) is 92.5 cm³/mol. The highest BCUT2D eigenvalue weighted by atomic mass is 16.3. The molecule has 0 aliphatic carbocycles. The number of hydrogen-bond acceptors (Lipinski definition) is 4. The van der Waals surface area contributed by atoms with E-state index >= 15 is 0 Å². The van der Waals surface area contributed by atoms with Crippen molar-refractivity contribution in [2.75, 3.05) is 39.3 Å². The van der Waals surface area contributed by atoms with E-state index in [1.54, 1.807) is 6.20 Å². The fourth-order valence-electron chi connectivity index (χ4n) is 3.30. The molecule has 6 nitrogen and oxygen atoms in total. The number of nitrogens with zero attached hydrogens (tertiary/aromatic N) is 4. The van der Waals surface area contributed by atoms with E-state index in [0.717, 1.165) is 35.9 Å². The average molecular weight is 328 g/mol. The van der Waals surface area contributed by atoms with Gasteiger partial charge in [-0.3, -0.25) is 9.69 Å². The number of aryl methyl sites for hydroxylation is 1. The molecule has 6 heteroatoms. The van der Waals surface area contributed by atoms with Crippen molar-refractivity contribution in [1.82, 2.24) is 19.4 Å². The monoisotopic (exact) mass is 328 g/mol. The SMILES string of the molecule is Cc1cc(C(=O)N2CCN(CCO)CC2)c(C)n1-c1ccccn1. The van der Waals surface area contributed by atoms with Gasteiger partial charge in [0.05, 0.1) is 12.2 Å². The van der Waals surface area contributed by atoms with E-state index in [9.17, 15) is 4.79 Å². The highest BCUT2D eigenvalue weighted by Crippen LogP contribution is 2.21. The first-order valence-electron chi connectivity index (χ1n) is 8.34. The third-order valence-corrected chi connectivity index (χ3v) is 4.62. The number of aliphatic hydroxyl groups is 1. The summed E-state index contributed by atoms with van der Waals surface area (Å²) in [5.41, 5.74) is 2.68. The van der Waals surface area contributed by atoms with Gasteiger partial charge in [-0.15, -0.1) is 0 Å². The molecule has 0 radical (unpaired) electrons. The van der Waals surface area contributed by atoms with Crippen LogP contribution in [0.25, 0.3) is 5.82 Å². The molecule has 2 aromatic rings. The lowest BCUT2D eigenvalue weighted by Gasteiger charge is -2.34. The molecule has 1 aliphatic rings. The lowest BCUT2D eigenvalue weighted by Crippen LogP contribution is -2.49. The zero-order chi connectivity index (χ0) is 17.1. The zero-order valence-corrected chi connectivity index (χ0v) is 14.3. The number of pyridine rings is 1. The maximum atomic E-state index is 12.9. The fraction of sp³-hybridized carbons (Fsp3) is 0.444. The van der Waals surface area contributed by atoms with Crippen LogP contribution in [-0.2, 0) is 0 Å². The molecule has 128 valence electrons. The van der Waals surface area contributed by atoms with E-state index in [2.05, 4.69) is 9.88 Å². The maximum Gasteiger partial charge on any atom is 0.255 e. The molecule has 0 atom stereocenters. The van der Waals surface area contributed by atoms with Crippen LogP contribution >= 0.6 is 0 Å². The number of rotatable bonds is 4.